The number of fused-ring (bicyclic) bond motifs is 1. The summed E-state index contributed by atoms with van der Waals surface area (Å²) in [5, 5.41) is 5.31. The monoisotopic (exact) mass is 401 g/mol. The number of methoxy groups -OCH3 is 1. The van der Waals surface area contributed by atoms with Crippen molar-refractivity contribution in [2.75, 3.05) is 20.2 Å². The highest BCUT2D eigenvalue weighted by Crippen LogP contribution is 2.26. The number of carbonyl (C=O) groups excluding carboxylic acids is 2. The zero-order valence-corrected chi connectivity index (χ0v) is 18.7. The average molecular weight is 402 g/mol. The molecule has 2 aromatic rings. The van der Waals surface area contributed by atoms with E-state index in [0.29, 0.717) is 17.4 Å². The summed E-state index contributed by atoms with van der Waals surface area (Å²) >= 11 is 0. The molecule has 1 amide bonds. The molecule has 1 heterocycles. The van der Waals surface area contributed by atoms with Crippen LogP contribution >= 0.6 is 0 Å². The summed E-state index contributed by atoms with van der Waals surface area (Å²) in [6, 6.07) is 5.52. The standard InChI is InChI=1S/C23H35N3O3/c1-7-8-12-25(13-11-16(2)3)21(27)15-26-20-14-18(29-6)9-10-19(20)22(24-26)23(28)17(4)5/h9-10,14,16-17H,7-8,11-13,15H2,1-6H3. The van der Waals surface area contributed by atoms with Crippen molar-refractivity contribution < 1.29 is 14.3 Å². The highest BCUT2D eigenvalue weighted by Gasteiger charge is 2.22. The third-order valence-electron chi connectivity index (χ3n) is 5.11. The Hall–Kier alpha value is -2.37. The summed E-state index contributed by atoms with van der Waals surface area (Å²) in [4.78, 5) is 27.7. The summed E-state index contributed by atoms with van der Waals surface area (Å²) in [6.45, 7) is 11.8. The van der Waals surface area contributed by atoms with Crippen molar-refractivity contribution in [3.05, 3.63) is 23.9 Å². The van der Waals surface area contributed by atoms with E-state index < -0.39 is 0 Å². The number of hydrogen-bond acceptors (Lipinski definition) is 4. The molecule has 1 aromatic carbocycles. The van der Waals surface area contributed by atoms with Crippen LogP contribution in [0, 0.1) is 11.8 Å². The molecular weight excluding hydrogens is 366 g/mol. The number of ether oxygens (including phenoxy) is 1. The molecule has 0 fully saturated rings. The van der Waals surface area contributed by atoms with Gasteiger partial charge < -0.3 is 9.64 Å². The van der Waals surface area contributed by atoms with Crippen LogP contribution in [0.2, 0.25) is 0 Å². The maximum atomic E-state index is 13.1. The maximum absolute atomic E-state index is 13.1. The molecule has 0 atom stereocenters. The Kier molecular flexibility index (Phi) is 8.23. The zero-order valence-electron chi connectivity index (χ0n) is 18.7. The van der Waals surface area contributed by atoms with Crippen LogP contribution < -0.4 is 4.74 Å². The lowest BCUT2D eigenvalue weighted by molar-refractivity contribution is -0.132. The van der Waals surface area contributed by atoms with Crippen molar-refractivity contribution >= 4 is 22.6 Å². The Balaban J connectivity index is 2.37. The van der Waals surface area contributed by atoms with Gasteiger partial charge in [-0.25, -0.2) is 0 Å². The summed E-state index contributed by atoms with van der Waals surface area (Å²) in [5.74, 6) is 1.07. The van der Waals surface area contributed by atoms with Crippen molar-refractivity contribution in [3.8, 4) is 5.75 Å². The molecule has 160 valence electrons. The smallest absolute Gasteiger partial charge is 0.244 e. The summed E-state index contributed by atoms with van der Waals surface area (Å²) in [5.41, 5.74) is 1.17. The van der Waals surface area contributed by atoms with Crippen molar-refractivity contribution in [3.63, 3.8) is 0 Å². The molecule has 6 nitrogen and oxygen atoms in total. The lowest BCUT2D eigenvalue weighted by Gasteiger charge is -2.23. The molecule has 0 spiro atoms. The number of unbranched alkanes of at least 4 members (excludes halogenated alkanes) is 1. The molecule has 0 radical (unpaired) electrons. The number of Topliss-reactive ketones (excluding diaryl/α,β-unsaturated/α-hetero) is 1. The van der Waals surface area contributed by atoms with Crippen LogP contribution in [-0.2, 0) is 11.3 Å². The van der Waals surface area contributed by atoms with Crippen molar-refractivity contribution in [1.82, 2.24) is 14.7 Å². The van der Waals surface area contributed by atoms with Gasteiger partial charge in [0.1, 0.15) is 18.0 Å². The highest BCUT2D eigenvalue weighted by atomic mass is 16.5. The van der Waals surface area contributed by atoms with E-state index in [2.05, 4.69) is 25.9 Å². The van der Waals surface area contributed by atoms with E-state index in [0.717, 1.165) is 43.3 Å². The Labute approximate surface area is 174 Å². The average Bonchev–Trinajstić information content (AvgIpc) is 3.04. The topological polar surface area (TPSA) is 64.4 Å². The molecule has 0 unspecified atom stereocenters. The van der Waals surface area contributed by atoms with Crippen LogP contribution in [0.3, 0.4) is 0 Å². The largest absolute Gasteiger partial charge is 0.497 e. The van der Waals surface area contributed by atoms with Crippen molar-refractivity contribution in [2.24, 2.45) is 11.8 Å². The molecule has 0 saturated heterocycles. The Bertz CT molecular complexity index is 839. The van der Waals surface area contributed by atoms with Crippen LogP contribution in [0.4, 0.5) is 0 Å². The van der Waals surface area contributed by atoms with Gasteiger partial charge in [0.25, 0.3) is 0 Å². The minimum Gasteiger partial charge on any atom is -0.497 e. The van der Waals surface area contributed by atoms with Crippen LogP contribution in [0.15, 0.2) is 18.2 Å². The van der Waals surface area contributed by atoms with Crippen molar-refractivity contribution in [2.45, 2.75) is 60.4 Å². The number of rotatable bonds is 11. The lowest BCUT2D eigenvalue weighted by atomic mass is 10.0. The van der Waals surface area contributed by atoms with Gasteiger partial charge in [0, 0.05) is 30.5 Å². The van der Waals surface area contributed by atoms with Crippen molar-refractivity contribution in [1.29, 1.82) is 0 Å². The Morgan fingerprint density at radius 2 is 1.90 bits per heavy atom. The number of carbonyl (C=O) groups is 2. The van der Waals surface area contributed by atoms with Gasteiger partial charge in [0.2, 0.25) is 5.91 Å². The molecule has 29 heavy (non-hydrogen) atoms. The van der Waals surface area contributed by atoms with Crippen LogP contribution in [0.5, 0.6) is 5.75 Å². The van der Waals surface area contributed by atoms with E-state index in [1.165, 1.54) is 0 Å². The van der Waals surface area contributed by atoms with Gasteiger partial charge in [-0.2, -0.15) is 5.10 Å². The molecule has 0 N–H and O–H groups in total. The number of ketones is 1. The first-order valence-corrected chi connectivity index (χ1v) is 10.6. The maximum Gasteiger partial charge on any atom is 0.244 e. The zero-order chi connectivity index (χ0) is 21.6. The fraction of sp³-hybridized carbons (Fsp3) is 0.609. The first-order valence-electron chi connectivity index (χ1n) is 10.6. The minimum atomic E-state index is -0.161. The second-order valence-electron chi connectivity index (χ2n) is 8.33. The molecule has 0 bridgehead atoms. The molecule has 0 saturated carbocycles. The summed E-state index contributed by atoms with van der Waals surface area (Å²) in [6.07, 6.45) is 3.00. The van der Waals surface area contributed by atoms with Gasteiger partial charge in [-0.15, -0.1) is 0 Å². The Morgan fingerprint density at radius 1 is 1.17 bits per heavy atom. The van der Waals surface area contributed by atoms with Crippen LogP contribution in [-0.4, -0.2) is 46.6 Å². The number of aromatic nitrogens is 2. The third-order valence-corrected chi connectivity index (χ3v) is 5.11. The molecule has 6 heteroatoms. The molecule has 0 aliphatic rings. The van der Waals surface area contributed by atoms with Gasteiger partial charge in [-0.05, 0) is 30.9 Å². The van der Waals surface area contributed by atoms with Crippen LogP contribution in [0.1, 0.15) is 64.4 Å². The summed E-state index contributed by atoms with van der Waals surface area (Å²) < 4.78 is 7.00. The second-order valence-corrected chi connectivity index (χ2v) is 8.33. The fourth-order valence-corrected chi connectivity index (χ4v) is 3.21. The predicted octanol–water partition coefficient (Wildman–Crippen LogP) is 4.56. The lowest BCUT2D eigenvalue weighted by Crippen LogP contribution is -2.36. The number of hydrogen-bond donors (Lipinski definition) is 0. The second kappa shape index (κ2) is 10.4. The SMILES string of the molecule is CCCCN(CCC(C)C)C(=O)Cn1nc(C(=O)C(C)C)c2ccc(OC)cc21. The van der Waals surface area contributed by atoms with Gasteiger partial charge in [0.05, 0.1) is 12.6 Å². The van der Waals surface area contributed by atoms with Gasteiger partial charge in [-0.1, -0.05) is 41.0 Å². The molecule has 0 aliphatic heterocycles. The predicted molar refractivity (Wildman–Crippen MR) is 116 cm³/mol. The highest BCUT2D eigenvalue weighted by molar-refractivity contribution is 6.07. The fourth-order valence-electron chi connectivity index (χ4n) is 3.21. The van der Waals surface area contributed by atoms with Crippen LogP contribution in [0.25, 0.3) is 10.9 Å². The Morgan fingerprint density at radius 3 is 2.48 bits per heavy atom. The van der Waals surface area contributed by atoms with E-state index in [1.54, 1.807) is 11.8 Å². The van der Waals surface area contributed by atoms with E-state index in [9.17, 15) is 9.59 Å². The van der Waals surface area contributed by atoms with E-state index in [-0.39, 0.29) is 24.2 Å². The minimum absolute atomic E-state index is 0.0194. The van der Waals surface area contributed by atoms with Gasteiger partial charge in [-0.3, -0.25) is 14.3 Å². The first kappa shape index (κ1) is 22.9. The molecule has 0 aliphatic carbocycles. The summed E-state index contributed by atoms with van der Waals surface area (Å²) in [7, 11) is 1.60. The normalized spacial score (nSPS) is 11.4. The third kappa shape index (κ3) is 5.81. The molecular formula is C23H35N3O3. The van der Waals surface area contributed by atoms with Gasteiger partial charge in [0.15, 0.2) is 5.78 Å². The van der Waals surface area contributed by atoms with E-state index >= 15 is 0 Å². The number of benzene rings is 1. The number of amides is 1. The molecule has 1 aromatic heterocycles. The van der Waals surface area contributed by atoms with E-state index in [4.69, 9.17) is 4.74 Å². The first-order chi connectivity index (χ1) is 13.8. The number of nitrogens with zero attached hydrogens (tertiary/aromatic N) is 3. The van der Waals surface area contributed by atoms with E-state index in [1.807, 2.05) is 36.9 Å². The van der Waals surface area contributed by atoms with Gasteiger partial charge >= 0.3 is 0 Å². The quantitative estimate of drug-likeness (QED) is 0.518. The molecule has 2 rings (SSSR count).